The van der Waals surface area contributed by atoms with Gasteiger partial charge in [-0.1, -0.05) is 19.4 Å². The molecule has 0 radical (unpaired) electrons. The monoisotopic (exact) mass is 167 g/mol. The van der Waals surface area contributed by atoms with Crippen molar-refractivity contribution in [2.45, 2.75) is 39.0 Å². The fraction of sp³-hybridized carbons (Fsp3) is 0.818. The molecular weight excluding hydrogens is 146 g/mol. The maximum Gasteiger partial charge on any atom is 0.000516 e. The molecule has 0 aliphatic heterocycles. The summed E-state index contributed by atoms with van der Waals surface area (Å²) in [6, 6.07) is 0. The highest BCUT2D eigenvalue weighted by Gasteiger charge is 2.30. The van der Waals surface area contributed by atoms with Crippen molar-refractivity contribution in [3.05, 3.63) is 12.7 Å². The molecule has 0 heterocycles. The predicted molar refractivity (Wildman–Crippen MR) is 54.3 cm³/mol. The maximum absolute atomic E-state index is 3.71. The molecule has 0 unspecified atom stereocenters. The van der Waals surface area contributed by atoms with Gasteiger partial charge in [-0.25, -0.2) is 0 Å². The van der Waals surface area contributed by atoms with Crippen LogP contribution in [0.2, 0.25) is 0 Å². The molecule has 1 N–H and O–H groups in total. The molecule has 1 fully saturated rings. The van der Waals surface area contributed by atoms with E-state index in [2.05, 4.69) is 18.8 Å². The Hall–Kier alpha value is -0.300. The highest BCUT2D eigenvalue weighted by atomic mass is 14.9. The molecule has 0 atom stereocenters. The van der Waals surface area contributed by atoms with Crippen LogP contribution in [0.4, 0.5) is 0 Å². The van der Waals surface area contributed by atoms with Crippen LogP contribution in [0.5, 0.6) is 0 Å². The highest BCUT2D eigenvalue weighted by Crippen LogP contribution is 2.39. The van der Waals surface area contributed by atoms with E-state index in [-0.39, 0.29) is 0 Å². The maximum atomic E-state index is 3.71. The molecule has 1 saturated carbocycles. The van der Waals surface area contributed by atoms with Crippen LogP contribution in [-0.4, -0.2) is 13.1 Å². The molecule has 1 heteroatoms. The van der Waals surface area contributed by atoms with Gasteiger partial charge in [0.1, 0.15) is 0 Å². The number of allylic oxidation sites excluding steroid dienone is 1. The molecule has 70 valence electrons. The van der Waals surface area contributed by atoms with Gasteiger partial charge in [-0.15, -0.1) is 6.58 Å². The summed E-state index contributed by atoms with van der Waals surface area (Å²) in [6.07, 6.45) is 8.64. The first-order valence-corrected chi connectivity index (χ1v) is 5.08. The Morgan fingerprint density at radius 3 is 2.75 bits per heavy atom. The van der Waals surface area contributed by atoms with Crippen molar-refractivity contribution in [1.29, 1.82) is 0 Å². The fourth-order valence-corrected chi connectivity index (χ4v) is 1.72. The van der Waals surface area contributed by atoms with Gasteiger partial charge >= 0.3 is 0 Å². The van der Waals surface area contributed by atoms with E-state index in [4.69, 9.17) is 0 Å². The lowest BCUT2D eigenvalue weighted by atomic mass is 9.70. The molecule has 0 spiro atoms. The van der Waals surface area contributed by atoms with Crippen LogP contribution in [0.15, 0.2) is 12.7 Å². The highest BCUT2D eigenvalue weighted by molar-refractivity contribution is 4.85. The van der Waals surface area contributed by atoms with Crippen LogP contribution < -0.4 is 5.32 Å². The summed E-state index contributed by atoms with van der Waals surface area (Å²) < 4.78 is 0. The van der Waals surface area contributed by atoms with Crippen molar-refractivity contribution in [3.63, 3.8) is 0 Å². The zero-order valence-corrected chi connectivity index (χ0v) is 8.23. The summed E-state index contributed by atoms with van der Waals surface area (Å²) in [7, 11) is 0. The van der Waals surface area contributed by atoms with Gasteiger partial charge in [-0.3, -0.25) is 0 Å². The first-order valence-electron chi connectivity index (χ1n) is 5.08. The normalized spacial score (nSPS) is 20.1. The quantitative estimate of drug-likeness (QED) is 0.474. The number of hydrogen-bond donors (Lipinski definition) is 1. The Balaban J connectivity index is 1.91. The molecule has 0 aromatic heterocycles. The minimum Gasteiger partial charge on any atom is -0.316 e. The van der Waals surface area contributed by atoms with Gasteiger partial charge in [0.25, 0.3) is 0 Å². The Labute approximate surface area is 76.2 Å². The second-order valence-corrected chi connectivity index (χ2v) is 4.27. The minimum atomic E-state index is 0.633. The SMILES string of the molecule is C=CCCCNCC1(C)CCC1. The third-order valence-corrected chi connectivity index (χ3v) is 2.87. The van der Waals surface area contributed by atoms with Gasteiger partial charge in [0, 0.05) is 6.54 Å². The van der Waals surface area contributed by atoms with E-state index in [1.165, 1.54) is 32.2 Å². The van der Waals surface area contributed by atoms with Crippen LogP contribution in [0, 0.1) is 5.41 Å². The van der Waals surface area contributed by atoms with E-state index in [0.29, 0.717) is 5.41 Å². The Kier molecular flexibility index (Phi) is 3.80. The van der Waals surface area contributed by atoms with E-state index in [9.17, 15) is 0 Å². The molecule has 12 heavy (non-hydrogen) atoms. The van der Waals surface area contributed by atoms with Crippen molar-refractivity contribution in [2.75, 3.05) is 13.1 Å². The molecule has 0 aromatic rings. The molecular formula is C11H21N. The molecule has 0 bridgehead atoms. The van der Waals surface area contributed by atoms with Crippen LogP contribution in [0.3, 0.4) is 0 Å². The summed E-state index contributed by atoms with van der Waals surface area (Å²) in [5.74, 6) is 0. The zero-order chi connectivity index (χ0) is 8.86. The largest absolute Gasteiger partial charge is 0.316 e. The summed E-state index contributed by atoms with van der Waals surface area (Å²) >= 11 is 0. The molecule has 1 rings (SSSR count). The minimum absolute atomic E-state index is 0.633. The topological polar surface area (TPSA) is 12.0 Å². The van der Waals surface area contributed by atoms with Crippen LogP contribution in [0.25, 0.3) is 0 Å². The number of nitrogens with one attached hydrogen (secondary N) is 1. The fourth-order valence-electron chi connectivity index (χ4n) is 1.72. The third-order valence-electron chi connectivity index (χ3n) is 2.87. The summed E-state index contributed by atoms with van der Waals surface area (Å²) in [5.41, 5.74) is 0.633. The molecule has 0 aromatic carbocycles. The lowest BCUT2D eigenvalue weighted by Gasteiger charge is -2.38. The first kappa shape index (κ1) is 9.79. The van der Waals surface area contributed by atoms with Crippen molar-refractivity contribution >= 4 is 0 Å². The standard InChI is InChI=1S/C11H21N/c1-3-4-5-9-12-10-11(2)7-6-8-11/h3,12H,1,4-10H2,2H3. The summed E-state index contributed by atoms with van der Waals surface area (Å²) in [5, 5.41) is 3.51. The van der Waals surface area contributed by atoms with Gasteiger partial charge in [0.2, 0.25) is 0 Å². The molecule has 1 nitrogen and oxygen atoms in total. The van der Waals surface area contributed by atoms with Gasteiger partial charge in [-0.2, -0.15) is 0 Å². The third kappa shape index (κ3) is 2.98. The Morgan fingerprint density at radius 1 is 1.50 bits per heavy atom. The van der Waals surface area contributed by atoms with Crippen LogP contribution >= 0.6 is 0 Å². The van der Waals surface area contributed by atoms with Crippen LogP contribution in [0.1, 0.15) is 39.0 Å². The van der Waals surface area contributed by atoms with E-state index >= 15 is 0 Å². The first-order chi connectivity index (χ1) is 5.77. The summed E-state index contributed by atoms with van der Waals surface area (Å²) in [6.45, 7) is 8.46. The van der Waals surface area contributed by atoms with Crippen molar-refractivity contribution in [1.82, 2.24) is 5.32 Å². The summed E-state index contributed by atoms with van der Waals surface area (Å²) in [4.78, 5) is 0. The lowest BCUT2D eigenvalue weighted by molar-refractivity contribution is 0.157. The Morgan fingerprint density at radius 2 is 2.25 bits per heavy atom. The predicted octanol–water partition coefficient (Wildman–Crippen LogP) is 2.73. The number of unbranched alkanes of at least 4 members (excludes halogenated alkanes) is 1. The van der Waals surface area contributed by atoms with Gasteiger partial charge in [-0.05, 0) is 37.6 Å². The average molecular weight is 167 g/mol. The second kappa shape index (κ2) is 4.66. The second-order valence-electron chi connectivity index (χ2n) is 4.27. The van der Waals surface area contributed by atoms with Crippen molar-refractivity contribution in [2.24, 2.45) is 5.41 Å². The van der Waals surface area contributed by atoms with E-state index in [0.717, 1.165) is 13.0 Å². The van der Waals surface area contributed by atoms with Gasteiger partial charge in [0.15, 0.2) is 0 Å². The molecule has 1 aliphatic rings. The zero-order valence-electron chi connectivity index (χ0n) is 8.23. The lowest BCUT2D eigenvalue weighted by Crippen LogP contribution is -2.37. The van der Waals surface area contributed by atoms with Gasteiger partial charge in [0.05, 0.1) is 0 Å². The van der Waals surface area contributed by atoms with Crippen molar-refractivity contribution < 1.29 is 0 Å². The smallest absolute Gasteiger partial charge is 0.000516 e. The number of hydrogen-bond acceptors (Lipinski definition) is 1. The van der Waals surface area contributed by atoms with Crippen molar-refractivity contribution in [3.8, 4) is 0 Å². The van der Waals surface area contributed by atoms with Crippen LogP contribution in [-0.2, 0) is 0 Å². The molecule has 1 aliphatic carbocycles. The molecule has 0 saturated heterocycles. The Bertz CT molecular complexity index is 136. The van der Waals surface area contributed by atoms with E-state index in [1.807, 2.05) is 6.08 Å². The van der Waals surface area contributed by atoms with E-state index < -0.39 is 0 Å². The number of rotatable bonds is 6. The average Bonchev–Trinajstić information content (AvgIpc) is 2.01. The molecule has 0 amide bonds. The van der Waals surface area contributed by atoms with Gasteiger partial charge < -0.3 is 5.32 Å². The van der Waals surface area contributed by atoms with E-state index in [1.54, 1.807) is 0 Å².